The molecule has 134 valence electrons. The van der Waals surface area contributed by atoms with Crippen molar-refractivity contribution in [3.63, 3.8) is 0 Å². The molecule has 2 heterocycles. The highest BCUT2D eigenvalue weighted by molar-refractivity contribution is 5.82. The van der Waals surface area contributed by atoms with Crippen LogP contribution in [0.1, 0.15) is 11.1 Å². The van der Waals surface area contributed by atoms with E-state index in [0.29, 0.717) is 29.7 Å². The number of hydrogen-bond donors (Lipinski definition) is 5. The van der Waals surface area contributed by atoms with Crippen LogP contribution >= 0.6 is 0 Å². The molecule has 3 rings (SSSR count). The van der Waals surface area contributed by atoms with Crippen LogP contribution in [0.4, 0.5) is 23.1 Å². The van der Waals surface area contributed by atoms with E-state index in [0.717, 1.165) is 17.8 Å². The lowest BCUT2D eigenvalue weighted by Gasteiger charge is -2.15. The second-order valence-corrected chi connectivity index (χ2v) is 5.68. The molecule has 0 aliphatic carbocycles. The lowest BCUT2D eigenvalue weighted by Crippen LogP contribution is -2.11. The van der Waals surface area contributed by atoms with E-state index < -0.39 is 0 Å². The molecule has 0 fully saturated rings. The minimum Gasteiger partial charge on any atom is -0.403 e. The van der Waals surface area contributed by atoms with Crippen LogP contribution in [0.5, 0.6) is 0 Å². The Kier molecular flexibility index (Phi) is 5.33. The summed E-state index contributed by atoms with van der Waals surface area (Å²) >= 11 is 0. The van der Waals surface area contributed by atoms with Crippen molar-refractivity contribution in [1.82, 2.24) is 9.97 Å². The molecule has 0 saturated carbocycles. The van der Waals surface area contributed by atoms with Gasteiger partial charge in [-0.15, -0.1) is 0 Å². The zero-order chi connectivity index (χ0) is 18.4. The van der Waals surface area contributed by atoms with Crippen molar-refractivity contribution in [2.24, 2.45) is 10.7 Å². The Morgan fingerprint density at radius 3 is 3.12 bits per heavy atom. The first kappa shape index (κ1) is 17.3. The van der Waals surface area contributed by atoms with Crippen LogP contribution in [0.3, 0.4) is 0 Å². The Hall–Kier alpha value is -3.55. The highest BCUT2D eigenvalue weighted by Crippen LogP contribution is 2.23. The Bertz CT molecular complexity index is 869. The Labute approximate surface area is 152 Å². The van der Waals surface area contributed by atoms with Crippen LogP contribution in [0.2, 0.25) is 0 Å². The number of aromatic nitrogens is 2. The highest BCUT2D eigenvalue weighted by Gasteiger charge is 2.08. The minimum atomic E-state index is 0.331. The van der Waals surface area contributed by atoms with Gasteiger partial charge < -0.3 is 27.4 Å². The number of nitrogen functional groups attached to an aromatic ring is 1. The third-order valence-electron chi connectivity index (χ3n) is 3.80. The van der Waals surface area contributed by atoms with Crippen molar-refractivity contribution >= 4 is 35.4 Å². The van der Waals surface area contributed by atoms with E-state index in [1.165, 1.54) is 11.8 Å². The van der Waals surface area contributed by atoms with Gasteiger partial charge in [0.2, 0.25) is 0 Å². The lowest BCUT2D eigenvalue weighted by atomic mass is 10.1. The zero-order valence-electron chi connectivity index (χ0n) is 14.5. The van der Waals surface area contributed by atoms with Crippen molar-refractivity contribution in [2.75, 3.05) is 35.3 Å². The third kappa shape index (κ3) is 4.10. The van der Waals surface area contributed by atoms with Gasteiger partial charge in [0.25, 0.3) is 0 Å². The predicted molar refractivity (Wildman–Crippen MR) is 108 cm³/mol. The Morgan fingerprint density at radius 2 is 2.31 bits per heavy atom. The highest BCUT2D eigenvalue weighted by atomic mass is 15.1. The van der Waals surface area contributed by atoms with Crippen molar-refractivity contribution in [3.8, 4) is 0 Å². The van der Waals surface area contributed by atoms with Gasteiger partial charge in [-0.25, -0.2) is 9.97 Å². The molecule has 8 heteroatoms. The molecule has 0 amide bonds. The summed E-state index contributed by atoms with van der Waals surface area (Å²) < 4.78 is 0. The van der Waals surface area contributed by atoms with E-state index in [1.807, 2.05) is 0 Å². The van der Waals surface area contributed by atoms with E-state index in [4.69, 9.17) is 11.5 Å². The first-order chi connectivity index (χ1) is 12.7. The summed E-state index contributed by atoms with van der Waals surface area (Å²) in [6, 6.07) is 6.27. The van der Waals surface area contributed by atoms with Gasteiger partial charge in [0.05, 0.1) is 11.9 Å². The van der Waals surface area contributed by atoms with Crippen LogP contribution in [0.15, 0.2) is 47.4 Å². The fourth-order valence-electron chi connectivity index (χ4n) is 2.55. The number of hydrogen-bond acceptors (Lipinski definition) is 8. The number of allylic oxidation sites excluding steroid dienone is 1. The molecule has 1 aromatic heterocycles. The molecule has 7 N–H and O–H groups in total. The first-order valence-electron chi connectivity index (χ1n) is 8.20. The molecule has 0 atom stereocenters. The van der Waals surface area contributed by atoms with Crippen molar-refractivity contribution in [3.05, 3.63) is 53.5 Å². The van der Waals surface area contributed by atoms with Crippen LogP contribution < -0.4 is 27.4 Å². The van der Waals surface area contributed by atoms with Crippen LogP contribution in [-0.4, -0.2) is 29.8 Å². The Morgan fingerprint density at radius 1 is 1.42 bits per heavy atom. The summed E-state index contributed by atoms with van der Waals surface area (Å²) in [6.07, 6.45) is 8.76. The standard InChI is InChI=1S/C18H22N8/c1-21-10-14(8-19)25-16-11-23-17(20)18(26-16)24-9-12-4-5-15-13(7-12)3-2-6-22-15/h2-5,7-8,10-11,22H,6,9,19H2,1H3,(H2,20,23)(H2,24,25,26). The molecule has 8 nitrogen and oxygen atoms in total. The second-order valence-electron chi connectivity index (χ2n) is 5.68. The molecule has 0 unspecified atom stereocenters. The van der Waals surface area contributed by atoms with Gasteiger partial charge >= 0.3 is 0 Å². The van der Waals surface area contributed by atoms with Crippen molar-refractivity contribution in [1.29, 1.82) is 0 Å². The number of anilines is 4. The van der Waals surface area contributed by atoms with Crippen molar-refractivity contribution in [2.45, 2.75) is 6.54 Å². The van der Waals surface area contributed by atoms with E-state index in [9.17, 15) is 0 Å². The van der Waals surface area contributed by atoms with Gasteiger partial charge in [-0.2, -0.15) is 0 Å². The van der Waals surface area contributed by atoms with Gasteiger partial charge in [0.15, 0.2) is 17.5 Å². The van der Waals surface area contributed by atoms with E-state index in [1.54, 1.807) is 19.5 Å². The Balaban J connectivity index is 1.72. The maximum absolute atomic E-state index is 5.94. The van der Waals surface area contributed by atoms with Gasteiger partial charge in [-0.3, -0.25) is 4.99 Å². The molecule has 0 bridgehead atoms. The molecular weight excluding hydrogens is 328 g/mol. The normalized spacial score (nSPS) is 13.3. The molecule has 0 spiro atoms. The van der Waals surface area contributed by atoms with E-state index in [-0.39, 0.29) is 0 Å². The molecule has 1 aromatic carbocycles. The number of aliphatic imine (C=N–C) groups is 1. The van der Waals surface area contributed by atoms with Gasteiger partial charge in [0.1, 0.15) is 0 Å². The summed E-state index contributed by atoms with van der Waals surface area (Å²) in [5.41, 5.74) is 15.5. The fraction of sp³-hybridized carbons (Fsp3) is 0.167. The summed E-state index contributed by atoms with van der Waals surface area (Å²) in [4.78, 5) is 12.5. The SMILES string of the molecule is CN=CC(=CN)Nc1cnc(N)c(NCc2ccc3c(c2)C=CCN3)n1. The molecule has 26 heavy (non-hydrogen) atoms. The molecule has 2 aromatic rings. The maximum Gasteiger partial charge on any atom is 0.171 e. The molecule has 0 saturated heterocycles. The minimum absolute atomic E-state index is 0.331. The average molecular weight is 350 g/mol. The first-order valence-corrected chi connectivity index (χ1v) is 8.20. The van der Waals surface area contributed by atoms with Crippen LogP contribution in [-0.2, 0) is 6.54 Å². The number of benzene rings is 1. The number of nitrogens with two attached hydrogens (primary N) is 2. The average Bonchev–Trinajstić information content (AvgIpc) is 2.67. The topological polar surface area (TPSA) is 126 Å². The van der Waals surface area contributed by atoms with E-state index in [2.05, 4.69) is 61.3 Å². The lowest BCUT2D eigenvalue weighted by molar-refractivity contribution is 1.09. The van der Waals surface area contributed by atoms with Crippen molar-refractivity contribution < 1.29 is 0 Å². The van der Waals surface area contributed by atoms with Gasteiger partial charge in [-0.05, 0) is 23.3 Å². The quantitative estimate of drug-likeness (QED) is 0.504. The summed E-state index contributed by atoms with van der Waals surface area (Å²) in [5.74, 6) is 1.36. The maximum atomic E-state index is 5.94. The van der Waals surface area contributed by atoms with Gasteiger partial charge in [-0.1, -0.05) is 18.2 Å². The molecular formula is C18H22N8. The number of nitrogens with one attached hydrogen (secondary N) is 3. The predicted octanol–water partition coefficient (Wildman–Crippen LogP) is 2.02. The van der Waals surface area contributed by atoms with E-state index >= 15 is 0 Å². The van der Waals surface area contributed by atoms with Crippen LogP contribution in [0.25, 0.3) is 6.08 Å². The number of nitrogens with zero attached hydrogens (tertiary/aromatic N) is 3. The molecule has 1 aliphatic heterocycles. The smallest absolute Gasteiger partial charge is 0.171 e. The molecule has 0 radical (unpaired) electrons. The number of rotatable bonds is 6. The zero-order valence-corrected chi connectivity index (χ0v) is 14.5. The second kappa shape index (κ2) is 8.02. The third-order valence-corrected chi connectivity index (χ3v) is 3.80. The molecule has 1 aliphatic rings. The van der Waals surface area contributed by atoms with Gasteiger partial charge in [0, 0.05) is 38.2 Å². The summed E-state index contributed by atoms with van der Waals surface area (Å²) in [7, 11) is 1.66. The monoisotopic (exact) mass is 350 g/mol. The summed E-state index contributed by atoms with van der Waals surface area (Å²) in [6.45, 7) is 1.44. The van der Waals surface area contributed by atoms with Crippen LogP contribution in [0, 0.1) is 0 Å². The largest absolute Gasteiger partial charge is 0.403 e. The number of fused-ring (bicyclic) bond motifs is 1. The summed E-state index contributed by atoms with van der Waals surface area (Å²) in [5, 5.41) is 9.60. The fourth-order valence-corrected chi connectivity index (χ4v) is 2.55.